The van der Waals surface area contributed by atoms with Crippen LogP contribution in [-0.2, 0) is 12.4 Å². The van der Waals surface area contributed by atoms with Gasteiger partial charge >= 0.3 is 12.4 Å². The van der Waals surface area contributed by atoms with Crippen LogP contribution in [0.15, 0.2) is 6.07 Å². The summed E-state index contributed by atoms with van der Waals surface area (Å²) in [4.78, 5) is 4.87. The smallest absolute Gasteiger partial charge is 0.224 e. The van der Waals surface area contributed by atoms with E-state index < -0.39 is 105 Å². The van der Waals surface area contributed by atoms with Gasteiger partial charge in [-0.3, -0.25) is 0 Å². The highest BCUT2D eigenvalue weighted by atomic mass is 19.4. The molecule has 0 saturated heterocycles. The number of alkyl halides is 8. The van der Waals surface area contributed by atoms with Gasteiger partial charge in [0.1, 0.15) is 11.3 Å². The number of benzene rings is 2. The predicted octanol–water partition coefficient (Wildman–Crippen LogP) is 7.90. The monoisotopic (exact) mass is 562 g/mol. The van der Waals surface area contributed by atoms with Gasteiger partial charge in [0, 0.05) is 0 Å². The Bertz CT molecular complexity index is 1350. The van der Waals surface area contributed by atoms with Crippen molar-refractivity contribution in [3.8, 4) is 22.4 Å². The van der Waals surface area contributed by atoms with E-state index in [0.717, 1.165) is 0 Å². The molecule has 2 aromatic carbocycles. The second-order valence-corrected chi connectivity index (χ2v) is 6.81. The summed E-state index contributed by atoms with van der Waals surface area (Å²) in [5.74, 6) is -27.0. The zero-order chi connectivity index (χ0) is 28.4. The fourth-order valence-corrected chi connectivity index (χ4v) is 3.01. The first-order valence-corrected chi connectivity index (χ1v) is 8.84. The molecule has 0 aliphatic rings. The van der Waals surface area contributed by atoms with Crippen LogP contribution < -0.4 is 0 Å². The van der Waals surface area contributed by atoms with Crippen molar-refractivity contribution >= 4 is 0 Å². The van der Waals surface area contributed by atoms with Crippen molar-refractivity contribution in [2.45, 2.75) is 18.8 Å². The van der Waals surface area contributed by atoms with Crippen LogP contribution in [0.1, 0.15) is 23.5 Å². The minimum atomic E-state index is -6.10. The zero-order valence-electron chi connectivity index (χ0n) is 16.6. The minimum absolute atomic E-state index is 0.238. The number of rotatable bonds is 3. The van der Waals surface area contributed by atoms with Crippen molar-refractivity contribution in [1.29, 1.82) is 0 Å². The molecule has 0 fully saturated rings. The predicted molar refractivity (Wildman–Crippen MR) is 87.5 cm³/mol. The Morgan fingerprint density at radius 1 is 0.514 bits per heavy atom. The Balaban J connectivity index is 2.42. The van der Waals surface area contributed by atoms with Crippen molar-refractivity contribution in [1.82, 2.24) is 9.97 Å². The number of aromatic nitrogens is 2. The molecule has 0 N–H and O–H groups in total. The lowest BCUT2D eigenvalue weighted by molar-refractivity contribution is -0.145. The second-order valence-electron chi connectivity index (χ2n) is 6.81. The molecule has 1 aromatic heterocycles. The van der Waals surface area contributed by atoms with Crippen LogP contribution in [0, 0.1) is 46.5 Å². The maximum Gasteiger partial charge on any atom is 0.451 e. The van der Waals surface area contributed by atoms with Crippen molar-refractivity contribution in [2.24, 2.45) is 0 Å². The van der Waals surface area contributed by atoms with Crippen molar-refractivity contribution in [3.05, 3.63) is 69.7 Å². The molecule has 3 rings (SSSR count). The van der Waals surface area contributed by atoms with Gasteiger partial charge < -0.3 is 0 Å². The third-order valence-electron chi connectivity index (χ3n) is 4.54. The van der Waals surface area contributed by atoms with Crippen LogP contribution >= 0.6 is 0 Å². The summed E-state index contributed by atoms with van der Waals surface area (Å²) in [6.07, 6.45) is -15.6. The zero-order valence-corrected chi connectivity index (χ0v) is 16.6. The maximum atomic E-state index is 14.6. The molecule has 0 radical (unpaired) electrons. The van der Waals surface area contributed by atoms with E-state index in [2.05, 4.69) is 9.97 Å². The average Bonchev–Trinajstić information content (AvgIpc) is 2.77. The molecule has 0 unspecified atom stereocenters. The van der Waals surface area contributed by atoms with E-state index in [1.807, 2.05) is 0 Å². The summed E-state index contributed by atoms with van der Waals surface area (Å²) in [5, 5.41) is 0. The number of halogens is 16. The molecule has 0 saturated carbocycles. The Kier molecular flexibility index (Phi) is 6.85. The molecule has 3 aromatic rings. The molecule has 0 spiro atoms. The standard InChI is InChI=1S/C19H2F16N2/c20-8-4(2-1-3(16(28)29)37-17(36-2)19(33,34)35)9(21)11(23)5(10(8)22)6-12(24)14(26)7(18(30,31)32)15(27)13(6)25/h1,16H. The molecule has 37 heavy (non-hydrogen) atoms. The van der Waals surface area contributed by atoms with Crippen LogP contribution in [-0.4, -0.2) is 9.97 Å². The molecule has 0 amide bonds. The van der Waals surface area contributed by atoms with Crippen LogP contribution in [0.3, 0.4) is 0 Å². The second kappa shape index (κ2) is 9.05. The largest absolute Gasteiger partial charge is 0.451 e. The average molecular weight is 562 g/mol. The lowest BCUT2D eigenvalue weighted by Crippen LogP contribution is -2.17. The van der Waals surface area contributed by atoms with Gasteiger partial charge in [-0.15, -0.1) is 0 Å². The van der Waals surface area contributed by atoms with E-state index in [4.69, 9.17) is 0 Å². The first-order chi connectivity index (χ1) is 16.8. The first-order valence-electron chi connectivity index (χ1n) is 8.84. The van der Waals surface area contributed by atoms with Crippen LogP contribution in [0.5, 0.6) is 0 Å². The lowest BCUT2D eigenvalue weighted by Gasteiger charge is -2.17. The van der Waals surface area contributed by atoms with E-state index >= 15 is 0 Å². The Morgan fingerprint density at radius 2 is 0.892 bits per heavy atom. The number of hydrogen-bond acceptors (Lipinski definition) is 2. The summed E-state index contributed by atoms with van der Waals surface area (Å²) < 4.78 is 217. The third kappa shape index (κ3) is 4.63. The van der Waals surface area contributed by atoms with Gasteiger partial charge in [-0.25, -0.2) is 53.9 Å². The Morgan fingerprint density at radius 3 is 1.24 bits per heavy atom. The summed E-state index contributed by atoms with van der Waals surface area (Å²) >= 11 is 0. The minimum Gasteiger partial charge on any atom is -0.224 e. The van der Waals surface area contributed by atoms with E-state index in [1.54, 1.807) is 0 Å². The van der Waals surface area contributed by atoms with Crippen molar-refractivity contribution in [2.75, 3.05) is 0 Å². The Labute approximate surface area is 192 Å². The molecular formula is C19H2F16N2. The first kappa shape index (κ1) is 28.0. The van der Waals surface area contributed by atoms with Gasteiger partial charge in [-0.2, -0.15) is 26.3 Å². The Hall–Kier alpha value is -3.60. The van der Waals surface area contributed by atoms with Gasteiger partial charge in [0.2, 0.25) is 5.82 Å². The summed E-state index contributed by atoms with van der Waals surface area (Å²) in [7, 11) is 0. The van der Waals surface area contributed by atoms with Crippen LogP contribution in [0.2, 0.25) is 0 Å². The van der Waals surface area contributed by atoms with Crippen LogP contribution in [0.4, 0.5) is 70.2 Å². The summed E-state index contributed by atoms with van der Waals surface area (Å²) in [5.41, 5.74) is -14.5. The van der Waals surface area contributed by atoms with E-state index in [-0.39, 0.29) is 6.07 Å². The molecule has 0 aliphatic heterocycles. The number of hydrogen-bond donors (Lipinski definition) is 0. The molecule has 0 aliphatic carbocycles. The van der Waals surface area contributed by atoms with E-state index in [0.29, 0.717) is 0 Å². The van der Waals surface area contributed by atoms with Gasteiger partial charge in [-0.05, 0) is 6.07 Å². The molecular weight excluding hydrogens is 560 g/mol. The molecule has 18 heteroatoms. The quantitative estimate of drug-likeness (QED) is 0.240. The molecule has 200 valence electrons. The summed E-state index contributed by atoms with van der Waals surface area (Å²) in [6.45, 7) is 0. The van der Waals surface area contributed by atoms with Gasteiger partial charge in [-0.1, -0.05) is 0 Å². The lowest BCUT2D eigenvalue weighted by atomic mass is 9.96. The van der Waals surface area contributed by atoms with Crippen molar-refractivity contribution in [3.63, 3.8) is 0 Å². The summed E-state index contributed by atoms with van der Waals surface area (Å²) in [6, 6.07) is -0.238. The fourth-order valence-electron chi connectivity index (χ4n) is 3.01. The van der Waals surface area contributed by atoms with E-state index in [1.165, 1.54) is 0 Å². The maximum absolute atomic E-state index is 14.6. The fraction of sp³-hybridized carbons (Fsp3) is 0.158. The molecule has 0 atom stereocenters. The SMILES string of the molecule is Fc1c(F)c(-c2c(F)c(F)c(C(F)(F)F)c(F)c2F)c(F)c(F)c1-c1cc(C(F)F)nc(C(F)(F)F)n1. The topological polar surface area (TPSA) is 25.8 Å². The van der Waals surface area contributed by atoms with Gasteiger partial charge in [0.15, 0.2) is 46.5 Å². The highest BCUT2D eigenvalue weighted by Gasteiger charge is 2.44. The highest BCUT2D eigenvalue weighted by molar-refractivity contribution is 5.73. The normalized spacial score (nSPS) is 12.6. The van der Waals surface area contributed by atoms with Gasteiger partial charge in [0.05, 0.1) is 22.4 Å². The van der Waals surface area contributed by atoms with Crippen LogP contribution in [0.25, 0.3) is 22.4 Å². The third-order valence-corrected chi connectivity index (χ3v) is 4.54. The molecule has 0 bridgehead atoms. The van der Waals surface area contributed by atoms with Gasteiger partial charge in [0.25, 0.3) is 6.43 Å². The molecule has 1 heterocycles. The highest BCUT2D eigenvalue weighted by Crippen LogP contribution is 2.43. The molecule has 2 nitrogen and oxygen atoms in total. The van der Waals surface area contributed by atoms with E-state index in [9.17, 15) is 70.2 Å². The van der Waals surface area contributed by atoms with Crippen molar-refractivity contribution < 1.29 is 70.2 Å². The number of nitrogens with zero attached hydrogens (tertiary/aromatic N) is 2.